The highest BCUT2D eigenvalue weighted by molar-refractivity contribution is 5.56. The molecular weight excluding hydrogens is 252 g/mol. The van der Waals surface area contributed by atoms with Crippen LogP contribution in [-0.4, -0.2) is 19.5 Å². The van der Waals surface area contributed by atoms with Gasteiger partial charge in [0.2, 0.25) is 5.89 Å². The average Bonchev–Trinajstić information content (AvgIpc) is 3.10. The van der Waals surface area contributed by atoms with Crippen LogP contribution in [0.2, 0.25) is 0 Å². The van der Waals surface area contributed by atoms with Crippen molar-refractivity contribution in [3.8, 4) is 11.3 Å². The van der Waals surface area contributed by atoms with Crippen molar-refractivity contribution < 1.29 is 4.42 Å². The van der Waals surface area contributed by atoms with E-state index < -0.39 is 0 Å². The fourth-order valence-electron chi connectivity index (χ4n) is 1.93. The summed E-state index contributed by atoms with van der Waals surface area (Å²) in [4.78, 5) is 12.8. The molecular formula is C15H16N4O. The van der Waals surface area contributed by atoms with Crippen LogP contribution in [0.4, 0.5) is 0 Å². The van der Waals surface area contributed by atoms with Crippen LogP contribution in [0.5, 0.6) is 0 Å². The maximum absolute atomic E-state index is 5.69. The molecule has 3 aromatic heterocycles. The predicted molar refractivity (Wildman–Crippen MR) is 75.2 cm³/mol. The lowest BCUT2D eigenvalue weighted by Gasteiger charge is -1.99. The highest BCUT2D eigenvalue weighted by atomic mass is 16.4. The maximum Gasteiger partial charge on any atom is 0.214 e. The Bertz CT molecular complexity index is 685. The molecule has 0 aliphatic carbocycles. The second-order valence-electron chi connectivity index (χ2n) is 4.98. The molecule has 0 fully saturated rings. The number of rotatable bonds is 4. The van der Waals surface area contributed by atoms with Gasteiger partial charge in [-0.1, -0.05) is 13.8 Å². The highest BCUT2D eigenvalue weighted by Gasteiger charge is 2.09. The molecule has 0 saturated heterocycles. The molecule has 0 aromatic carbocycles. The molecule has 102 valence electrons. The van der Waals surface area contributed by atoms with Gasteiger partial charge in [0.05, 0.1) is 18.2 Å². The van der Waals surface area contributed by atoms with E-state index in [-0.39, 0.29) is 0 Å². The SMILES string of the molecule is CC(C)c1cnc(Cn2cnc(-c3cccnc3)c2)o1. The fraction of sp³-hybridized carbons (Fsp3) is 0.267. The summed E-state index contributed by atoms with van der Waals surface area (Å²) in [6, 6.07) is 3.89. The van der Waals surface area contributed by atoms with E-state index in [9.17, 15) is 0 Å². The van der Waals surface area contributed by atoms with E-state index in [2.05, 4.69) is 28.8 Å². The van der Waals surface area contributed by atoms with Crippen molar-refractivity contribution in [2.75, 3.05) is 0 Å². The lowest BCUT2D eigenvalue weighted by molar-refractivity contribution is 0.428. The van der Waals surface area contributed by atoms with Gasteiger partial charge >= 0.3 is 0 Å². The number of nitrogens with zero attached hydrogens (tertiary/aromatic N) is 4. The van der Waals surface area contributed by atoms with Crippen LogP contribution in [0, 0.1) is 0 Å². The molecule has 0 amide bonds. The van der Waals surface area contributed by atoms with E-state index >= 15 is 0 Å². The van der Waals surface area contributed by atoms with Gasteiger partial charge in [-0.2, -0.15) is 0 Å². The summed E-state index contributed by atoms with van der Waals surface area (Å²) in [7, 11) is 0. The van der Waals surface area contributed by atoms with Crippen molar-refractivity contribution in [3.05, 3.63) is 54.9 Å². The molecule has 5 heteroatoms. The molecule has 0 spiro atoms. The standard InChI is InChI=1S/C15H16N4O/c1-11(2)14-7-17-15(20-14)9-19-8-13(18-10-19)12-4-3-5-16-6-12/h3-8,10-11H,9H2,1-2H3. The zero-order valence-electron chi connectivity index (χ0n) is 11.5. The Kier molecular flexibility index (Phi) is 3.33. The Morgan fingerprint density at radius 2 is 2.15 bits per heavy atom. The molecule has 0 N–H and O–H groups in total. The van der Waals surface area contributed by atoms with Gasteiger partial charge in [0.25, 0.3) is 0 Å². The number of aromatic nitrogens is 4. The van der Waals surface area contributed by atoms with E-state index in [1.165, 1.54) is 0 Å². The van der Waals surface area contributed by atoms with Gasteiger partial charge < -0.3 is 8.98 Å². The zero-order valence-corrected chi connectivity index (χ0v) is 11.5. The van der Waals surface area contributed by atoms with Gasteiger partial charge in [-0.25, -0.2) is 9.97 Å². The lowest BCUT2D eigenvalue weighted by atomic mass is 10.2. The van der Waals surface area contributed by atoms with Crippen LogP contribution in [0.3, 0.4) is 0 Å². The van der Waals surface area contributed by atoms with Crippen molar-refractivity contribution >= 4 is 0 Å². The highest BCUT2D eigenvalue weighted by Crippen LogP contribution is 2.18. The first-order chi connectivity index (χ1) is 9.72. The first kappa shape index (κ1) is 12.6. The van der Waals surface area contributed by atoms with Crippen molar-refractivity contribution in [1.82, 2.24) is 19.5 Å². The molecule has 0 radical (unpaired) electrons. The predicted octanol–water partition coefficient (Wildman–Crippen LogP) is 3.10. The Morgan fingerprint density at radius 1 is 1.25 bits per heavy atom. The summed E-state index contributed by atoms with van der Waals surface area (Å²) < 4.78 is 7.65. The van der Waals surface area contributed by atoms with E-state index in [1.54, 1.807) is 24.9 Å². The Morgan fingerprint density at radius 3 is 2.85 bits per heavy atom. The Labute approximate surface area is 117 Å². The first-order valence-electron chi connectivity index (χ1n) is 6.59. The lowest BCUT2D eigenvalue weighted by Crippen LogP contribution is -1.96. The normalized spacial score (nSPS) is 11.2. The number of imidazole rings is 1. The molecule has 0 unspecified atom stereocenters. The Balaban J connectivity index is 1.77. The topological polar surface area (TPSA) is 56.7 Å². The molecule has 3 rings (SSSR count). The summed E-state index contributed by atoms with van der Waals surface area (Å²) in [6.07, 6.45) is 9.09. The fourth-order valence-corrected chi connectivity index (χ4v) is 1.93. The van der Waals surface area contributed by atoms with Gasteiger partial charge in [0.1, 0.15) is 12.3 Å². The van der Waals surface area contributed by atoms with Crippen LogP contribution < -0.4 is 0 Å². The molecule has 3 heterocycles. The minimum atomic E-state index is 0.352. The maximum atomic E-state index is 5.69. The molecule has 3 aromatic rings. The molecule has 0 bridgehead atoms. The third-order valence-electron chi connectivity index (χ3n) is 3.05. The largest absolute Gasteiger partial charge is 0.443 e. The molecule has 5 nitrogen and oxygen atoms in total. The number of oxazole rings is 1. The quantitative estimate of drug-likeness (QED) is 0.729. The Hall–Kier alpha value is -2.43. The third-order valence-corrected chi connectivity index (χ3v) is 3.05. The summed E-state index contributed by atoms with van der Waals surface area (Å²) >= 11 is 0. The van der Waals surface area contributed by atoms with Gasteiger partial charge in [-0.15, -0.1) is 0 Å². The summed E-state index contributed by atoms with van der Waals surface area (Å²) in [5.41, 5.74) is 1.90. The first-order valence-corrected chi connectivity index (χ1v) is 6.59. The van der Waals surface area contributed by atoms with Gasteiger partial charge in [0.15, 0.2) is 0 Å². The second kappa shape index (κ2) is 5.28. The van der Waals surface area contributed by atoms with Crippen LogP contribution in [0.15, 0.2) is 47.7 Å². The molecule has 0 saturated carbocycles. The number of hydrogen-bond donors (Lipinski definition) is 0. The van der Waals surface area contributed by atoms with Crippen LogP contribution in [-0.2, 0) is 6.54 Å². The third kappa shape index (κ3) is 2.61. The van der Waals surface area contributed by atoms with Crippen molar-refractivity contribution in [3.63, 3.8) is 0 Å². The molecule has 0 atom stereocenters. The minimum Gasteiger partial charge on any atom is -0.443 e. The second-order valence-corrected chi connectivity index (χ2v) is 4.98. The van der Waals surface area contributed by atoms with E-state index in [4.69, 9.17) is 4.42 Å². The molecule has 0 aliphatic heterocycles. The molecule has 20 heavy (non-hydrogen) atoms. The van der Waals surface area contributed by atoms with E-state index in [0.717, 1.165) is 17.0 Å². The molecule has 0 aliphatic rings. The minimum absolute atomic E-state index is 0.352. The average molecular weight is 268 g/mol. The van der Waals surface area contributed by atoms with Crippen molar-refractivity contribution in [2.45, 2.75) is 26.3 Å². The van der Waals surface area contributed by atoms with Gasteiger partial charge in [-0.05, 0) is 12.1 Å². The van der Waals surface area contributed by atoms with Crippen LogP contribution in [0.25, 0.3) is 11.3 Å². The summed E-state index contributed by atoms with van der Waals surface area (Å²) in [5.74, 6) is 1.96. The number of hydrogen-bond acceptors (Lipinski definition) is 4. The van der Waals surface area contributed by atoms with Gasteiger partial charge in [-0.3, -0.25) is 4.98 Å². The monoisotopic (exact) mass is 268 g/mol. The van der Waals surface area contributed by atoms with E-state index in [0.29, 0.717) is 18.4 Å². The summed E-state index contributed by atoms with van der Waals surface area (Å²) in [6.45, 7) is 4.75. The number of pyridine rings is 1. The van der Waals surface area contributed by atoms with Crippen LogP contribution in [0.1, 0.15) is 31.4 Å². The van der Waals surface area contributed by atoms with Crippen LogP contribution >= 0.6 is 0 Å². The zero-order chi connectivity index (χ0) is 13.9. The summed E-state index contributed by atoms with van der Waals surface area (Å²) in [5, 5.41) is 0. The smallest absolute Gasteiger partial charge is 0.214 e. The van der Waals surface area contributed by atoms with Crippen molar-refractivity contribution in [1.29, 1.82) is 0 Å². The van der Waals surface area contributed by atoms with Gasteiger partial charge in [0, 0.05) is 30.1 Å². The van der Waals surface area contributed by atoms with E-state index in [1.807, 2.05) is 22.9 Å². The van der Waals surface area contributed by atoms with Crippen molar-refractivity contribution in [2.24, 2.45) is 0 Å².